The summed E-state index contributed by atoms with van der Waals surface area (Å²) in [5, 5.41) is 2.28. The summed E-state index contributed by atoms with van der Waals surface area (Å²) in [7, 11) is 0. The molecule has 0 bridgehead atoms. The summed E-state index contributed by atoms with van der Waals surface area (Å²) in [5.41, 5.74) is 1.08. The van der Waals surface area contributed by atoms with Gasteiger partial charge in [-0.25, -0.2) is 0 Å². The first-order chi connectivity index (χ1) is 9.56. The third-order valence-electron chi connectivity index (χ3n) is 3.02. The van der Waals surface area contributed by atoms with Gasteiger partial charge in [0.2, 0.25) is 0 Å². The number of Topliss-reactive ketones (excluding diaryl/α,β-unsaturated/α-hetero) is 1. The van der Waals surface area contributed by atoms with Crippen LogP contribution in [0.4, 0.5) is 0 Å². The molecule has 103 valence electrons. The van der Waals surface area contributed by atoms with Crippen molar-refractivity contribution in [3.63, 3.8) is 0 Å². The van der Waals surface area contributed by atoms with Crippen LogP contribution in [-0.2, 0) is 20.7 Å². The molecule has 0 saturated carbocycles. The van der Waals surface area contributed by atoms with Gasteiger partial charge in [-0.05, 0) is 30.2 Å². The average molecular weight is 269 g/mol. The van der Waals surface area contributed by atoms with Crippen LogP contribution in [0.25, 0.3) is 10.8 Å². The van der Waals surface area contributed by atoms with Gasteiger partial charge >= 0.3 is 5.97 Å². The largest absolute Gasteiger partial charge is 0.462 e. The second-order valence-corrected chi connectivity index (χ2v) is 4.83. The van der Waals surface area contributed by atoms with Crippen molar-refractivity contribution in [2.45, 2.75) is 25.9 Å². The van der Waals surface area contributed by atoms with Crippen LogP contribution in [0.5, 0.6) is 0 Å². The molecule has 1 atom stereocenters. The van der Waals surface area contributed by atoms with E-state index in [1.165, 1.54) is 6.92 Å². The number of ketones is 1. The van der Waals surface area contributed by atoms with Crippen LogP contribution in [0.15, 0.2) is 42.5 Å². The molecule has 3 nitrogen and oxygen atoms in total. The van der Waals surface area contributed by atoms with Crippen LogP contribution in [-0.4, -0.2) is 17.9 Å². The summed E-state index contributed by atoms with van der Waals surface area (Å²) in [6, 6.07) is 14.1. The van der Waals surface area contributed by atoms with E-state index in [9.17, 15) is 9.59 Å². The zero-order valence-electron chi connectivity index (χ0n) is 11.5. The topological polar surface area (TPSA) is 43.4 Å². The van der Waals surface area contributed by atoms with Crippen molar-refractivity contribution in [1.29, 1.82) is 0 Å². The number of carbonyl (C=O) groups excluding carboxylic acids is 2. The number of benzene rings is 2. The molecule has 0 N–H and O–H groups in total. The summed E-state index contributed by atoms with van der Waals surface area (Å²) in [6.45, 7) is 5.20. The van der Waals surface area contributed by atoms with Crippen molar-refractivity contribution in [1.82, 2.24) is 0 Å². The number of esters is 1. The molecular formula is C17H17O3. The van der Waals surface area contributed by atoms with Gasteiger partial charge < -0.3 is 4.74 Å². The molecular weight excluding hydrogens is 252 g/mol. The molecule has 0 aliphatic heterocycles. The molecule has 2 aromatic rings. The highest BCUT2D eigenvalue weighted by atomic mass is 16.5. The van der Waals surface area contributed by atoms with E-state index in [1.807, 2.05) is 42.5 Å². The Morgan fingerprint density at radius 1 is 1.15 bits per heavy atom. The first-order valence-corrected chi connectivity index (χ1v) is 6.55. The van der Waals surface area contributed by atoms with Gasteiger partial charge in [-0.1, -0.05) is 42.5 Å². The van der Waals surface area contributed by atoms with Gasteiger partial charge in [0.25, 0.3) is 0 Å². The Kier molecular flexibility index (Phi) is 4.51. The maximum absolute atomic E-state index is 11.4. The van der Waals surface area contributed by atoms with Crippen molar-refractivity contribution >= 4 is 22.5 Å². The third-order valence-corrected chi connectivity index (χ3v) is 3.02. The number of carbonyl (C=O) groups is 2. The second-order valence-electron chi connectivity index (χ2n) is 4.83. The maximum atomic E-state index is 11.4. The summed E-state index contributed by atoms with van der Waals surface area (Å²) in [4.78, 5) is 22.3. The number of rotatable bonds is 5. The summed E-state index contributed by atoms with van der Waals surface area (Å²) in [5.74, 6) is -0.718. The standard InChI is InChI=1S/C17H17O3/c1-12(18)10-17(19)20-13(2)11-15-8-5-7-14-6-3-4-9-16(14)15/h3-9,13H,2,10-11H2,1H3. The van der Waals surface area contributed by atoms with Gasteiger partial charge in [0.15, 0.2) is 0 Å². The first kappa shape index (κ1) is 14.3. The number of hydrogen-bond acceptors (Lipinski definition) is 3. The predicted octanol–water partition coefficient (Wildman–Crippen LogP) is 3.11. The monoisotopic (exact) mass is 269 g/mol. The normalized spacial score (nSPS) is 12.1. The van der Waals surface area contributed by atoms with Crippen LogP contribution in [0.1, 0.15) is 18.9 Å². The molecule has 0 fully saturated rings. The molecule has 0 aliphatic carbocycles. The number of hydrogen-bond donors (Lipinski definition) is 0. The number of ether oxygens (including phenoxy) is 1. The highest BCUT2D eigenvalue weighted by Gasteiger charge is 2.13. The van der Waals surface area contributed by atoms with Gasteiger partial charge in [0, 0.05) is 6.42 Å². The molecule has 0 aromatic heterocycles. The lowest BCUT2D eigenvalue weighted by atomic mass is 10.0. The molecule has 0 spiro atoms. The van der Waals surface area contributed by atoms with Gasteiger partial charge in [-0.15, -0.1) is 0 Å². The molecule has 1 radical (unpaired) electrons. The maximum Gasteiger partial charge on any atom is 0.313 e. The highest BCUT2D eigenvalue weighted by Crippen LogP contribution is 2.20. The fraction of sp³-hybridized carbons (Fsp3) is 0.235. The molecule has 0 heterocycles. The van der Waals surface area contributed by atoms with Gasteiger partial charge in [0.1, 0.15) is 18.3 Å². The fourth-order valence-electron chi connectivity index (χ4n) is 2.19. The van der Waals surface area contributed by atoms with Crippen molar-refractivity contribution in [3.8, 4) is 0 Å². The van der Waals surface area contributed by atoms with Crippen molar-refractivity contribution in [2.75, 3.05) is 0 Å². The summed E-state index contributed by atoms with van der Waals surface area (Å²) < 4.78 is 5.14. The van der Waals surface area contributed by atoms with E-state index in [0.717, 1.165) is 16.3 Å². The van der Waals surface area contributed by atoms with Gasteiger partial charge in [-0.3, -0.25) is 9.59 Å². The van der Waals surface area contributed by atoms with Crippen LogP contribution in [0.3, 0.4) is 0 Å². The van der Waals surface area contributed by atoms with Crippen molar-refractivity contribution < 1.29 is 14.3 Å². The van der Waals surface area contributed by atoms with Crippen LogP contribution < -0.4 is 0 Å². The molecule has 1 unspecified atom stereocenters. The molecule has 3 heteroatoms. The Morgan fingerprint density at radius 2 is 1.85 bits per heavy atom. The van der Waals surface area contributed by atoms with Crippen LogP contribution in [0, 0.1) is 6.92 Å². The Bertz CT molecular complexity index is 626. The summed E-state index contributed by atoms with van der Waals surface area (Å²) in [6.07, 6.45) is -0.153. The van der Waals surface area contributed by atoms with E-state index in [4.69, 9.17) is 4.74 Å². The second kappa shape index (κ2) is 6.33. The molecule has 0 amide bonds. The SMILES string of the molecule is [CH2]C(Cc1cccc2ccccc12)OC(=O)CC(C)=O. The molecule has 0 aliphatic rings. The van der Waals surface area contributed by atoms with E-state index < -0.39 is 12.1 Å². The molecule has 2 aromatic carbocycles. The minimum Gasteiger partial charge on any atom is -0.462 e. The first-order valence-electron chi connectivity index (χ1n) is 6.55. The Balaban J connectivity index is 2.08. The lowest BCUT2D eigenvalue weighted by Crippen LogP contribution is -2.19. The molecule has 0 saturated heterocycles. The van der Waals surface area contributed by atoms with Crippen molar-refractivity contribution in [2.24, 2.45) is 0 Å². The Labute approximate surface area is 118 Å². The Morgan fingerprint density at radius 3 is 2.60 bits per heavy atom. The van der Waals surface area contributed by atoms with Gasteiger partial charge in [0.05, 0.1) is 0 Å². The zero-order valence-corrected chi connectivity index (χ0v) is 11.5. The van der Waals surface area contributed by atoms with E-state index in [1.54, 1.807) is 0 Å². The van der Waals surface area contributed by atoms with Crippen molar-refractivity contribution in [3.05, 3.63) is 55.0 Å². The minimum atomic E-state index is -0.516. The zero-order chi connectivity index (χ0) is 14.5. The van der Waals surface area contributed by atoms with Crippen LogP contribution in [0.2, 0.25) is 0 Å². The lowest BCUT2D eigenvalue weighted by Gasteiger charge is -2.14. The fourth-order valence-corrected chi connectivity index (χ4v) is 2.19. The Hall–Kier alpha value is -2.16. The summed E-state index contributed by atoms with van der Waals surface area (Å²) >= 11 is 0. The van der Waals surface area contributed by atoms with E-state index >= 15 is 0 Å². The number of fused-ring (bicyclic) bond motifs is 1. The van der Waals surface area contributed by atoms with Crippen LogP contribution >= 0.6 is 0 Å². The quantitative estimate of drug-likeness (QED) is 0.618. The van der Waals surface area contributed by atoms with E-state index in [-0.39, 0.29) is 12.2 Å². The lowest BCUT2D eigenvalue weighted by molar-refractivity contribution is -0.148. The van der Waals surface area contributed by atoms with Gasteiger partial charge in [-0.2, -0.15) is 0 Å². The average Bonchev–Trinajstić information content (AvgIpc) is 2.38. The molecule has 20 heavy (non-hydrogen) atoms. The molecule has 2 rings (SSSR count). The smallest absolute Gasteiger partial charge is 0.313 e. The predicted molar refractivity (Wildman–Crippen MR) is 78.2 cm³/mol. The third kappa shape index (κ3) is 3.67. The van der Waals surface area contributed by atoms with E-state index in [2.05, 4.69) is 6.92 Å². The van der Waals surface area contributed by atoms with E-state index in [0.29, 0.717) is 6.42 Å². The minimum absolute atomic E-state index is 0.193. The highest BCUT2D eigenvalue weighted by molar-refractivity contribution is 5.94.